The minimum absolute atomic E-state index is 0.0413. The van der Waals surface area contributed by atoms with Crippen LogP contribution in [0.5, 0.6) is 0 Å². The molecule has 1 amide bonds. The molecule has 0 radical (unpaired) electrons. The maximum atomic E-state index is 12.8. The summed E-state index contributed by atoms with van der Waals surface area (Å²) in [6.07, 6.45) is -2.78. The molecular formula is C18H17F3N2O. The van der Waals surface area contributed by atoms with Crippen molar-refractivity contribution >= 4 is 5.91 Å². The summed E-state index contributed by atoms with van der Waals surface area (Å²) in [4.78, 5) is 18.1. The van der Waals surface area contributed by atoms with E-state index < -0.39 is 11.9 Å². The summed E-state index contributed by atoms with van der Waals surface area (Å²) in [5.41, 5.74) is 0.401. The Morgan fingerprint density at radius 2 is 1.88 bits per heavy atom. The Labute approximate surface area is 138 Å². The first-order chi connectivity index (χ1) is 11.4. The number of hydrogen-bond acceptors (Lipinski definition) is 2. The molecule has 0 aliphatic carbocycles. The van der Waals surface area contributed by atoms with Gasteiger partial charge in [0.2, 0.25) is 0 Å². The Hall–Kier alpha value is -2.37. The van der Waals surface area contributed by atoms with Gasteiger partial charge in [0.05, 0.1) is 17.3 Å². The summed E-state index contributed by atoms with van der Waals surface area (Å²) in [6, 6.07) is 11.7. The van der Waals surface area contributed by atoms with Crippen molar-refractivity contribution in [3.8, 4) is 0 Å². The molecule has 24 heavy (non-hydrogen) atoms. The number of carbonyl (C=O) groups is 1. The van der Waals surface area contributed by atoms with Crippen molar-refractivity contribution in [1.29, 1.82) is 0 Å². The zero-order valence-corrected chi connectivity index (χ0v) is 13.2. The molecule has 1 aliphatic rings. The normalized spacial score (nSPS) is 18.0. The third-order valence-corrected chi connectivity index (χ3v) is 4.30. The second-order valence-electron chi connectivity index (χ2n) is 5.89. The molecule has 3 rings (SSSR count). The van der Waals surface area contributed by atoms with E-state index in [4.69, 9.17) is 0 Å². The number of halogens is 3. The number of hydrogen-bond donors (Lipinski definition) is 0. The van der Waals surface area contributed by atoms with E-state index in [1.165, 1.54) is 13.0 Å². The lowest BCUT2D eigenvalue weighted by molar-refractivity contribution is -0.141. The van der Waals surface area contributed by atoms with Crippen LogP contribution in [0, 0.1) is 6.92 Å². The van der Waals surface area contributed by atoms with Crippen molar-refractivity contribution in [2.24, 2.45) is 0 Å². The number of rotatable bonds is 2. The van der Waals surface area contributed by atoms with Gasteiger partial charge in [-0.15, -0.1) is 0 Å². The van der Waals surface area contributed by atoms with Crippen molar-refractivity contribution in [2.45, 2.75) is 32.0 Å². The van der Waals surface area contributed by atoms with Gasteiger partial charge >= 0.3 is 6.18 Å². The van der Waals surface area contributed by atoms with Crippen LogP contribution >= 0.6 is 0 Å². The Morgan fingerprint density at radius 1 is 1.17 bits per heavy atom. The number of alkyl halides is 3. The van der Waals surface area contributed by atoms with Gasteiger partial charge in [0.1, 0.15) is 5.69 Å². The molecule has 2 heterocycles. The highest BCUT2D eigenvalue weighted by molar-refractivity contribution is 5.95. The van der Waals surface area contributed by atoms with Crippen LogP contribution in [0.3, 0.4) is 0 Å². The van der Waals surface area contributed by atoms with E-state index in [2.05, 4.69) is 4.98 Å². The largest absolute Gasteiger partial charge is 0.433 e. The molecular weight excluding hydrogens is 317 g/mol. The second kappa shape index (κ2) is 6.26. The molecule has 1 aliphatic heterocycles. The fourth-order valence-electron chi connectivity index (χ4n) is 3.13. The average Bonchev–Trinajstić information content (AvgIpc) is 3.03. The second-order valence-corrected chi connectivity index (χ2v) is 5.89. The molecule has 6 heteroatoms. The first-order valence-corrected chi connectivity index (χ1v) is 7.78. The van der Waals surface area contributed by atoms with E-state index in [0.717, 1.165) is 24.5 Å². The van der Waals surface area contributed by atoms with E-state index >= 15 is 0 Å². The molecule has 3 nitrogen and oxygen atoms in total. The highest BCUT2D eigenvalue weighted by atomic mass is 19.4. The van der Waals surface area contributed by atoms with Crippen LogP contribution in [-0.4, -0.2) is 22.3 Å². The molecule has 1 unspecified atom stereocenters. The first kappa shape index (κ1) is 16.5. The summed E-state index contributed by atoms with van der Waals surface area (Å²) in [5.74, 6) is -0.264. The van der Waals surface area contributed by atoms with Gasteiger partial charge in [-0.2, -0.15) is 13.2 Å². The van der Waals surface area contributed by atoms with E-state index in [-0.39, 0.29) is 23.2 Å². The highest BCUT2D eigenvalue weighted by Crippen LogP contribution is 2.34. The van der Waals surface area contributed by atoms with Crippen molar-refractivity contribution < 1.29 is 18.0 Å². The molecule has 1 fully saturated rings. The van der Waals surface area contributed by atoms with Gasteiger partial charge in [0, 0.05) is 6.54 Å². The number of aromatic nitrogens is 1. The van der Waals surface area contributed by atoms with E-state index in [1.807, 2.05) is 30.3 Å². The number of benzene rings is 1. The molecule has 2 aromatic rings. The fourth-order valence-corrected chi connectivity index (χ4v) is 3.13. The fraction of sp³-hybridized carbons (Fsp3) is 0.333. The van der Waals surface area contributed by atoms with Gasteiger partial charge in [-0.3, -0.25) is 4.79 Å². The van der Waals surface area contributed by atoms with Crippen LogP contribution < -0.4 is 0 Å². The lowest BCUT2D eigenvalue weighted by atomic mass is 10.0. The molecule has 0 bridgehead atoms. The standard InChI is InChI=1S/C18H17F3N2O/c1-12-14(9-10-16(22-12)18(19,20)21)17(24)23-11-5-8-15(23)13-6-3-2-4-7-13/h2-4,6-7,9-10,15H,5,8,11H2,1H3. The number of nitrogens with zero attached hydrogens (tertiary/aromatic N) is 2. The Morgan fingerprint density at radius 3 is 2.50 bits per heavy atom. The summed E-state index contributed by atoms with van der Waals surface area (Å²) >= 11 is 0. The van der Waals surface area contributed by atoms with Gasteiger partial charge in [0.25, 0.3) is 5.91 Å². The van der Waals surface area contributed by atoms with Crippen molar-refractivity contribution in [2.75, 3.05) is 6.54 Å². The first-order valence-electron chi connectivity index (χ1n) is 7.78. The summed E-state index contributed by atoms with van der Waals surface area (Å²) < 4.78 is 38.2. The highest BCUT2D eigenvalue weighted by Gasteiger charge is 2.35. The number of aryl methyl sites for hydroxylation is 1. The van der Waals surface area contributed by atoms with E-state index in [1.54, 1.807) is 4.90 Å². The predicted molar refractivity (Wildman–Crippen MR) is 83.4 cm³/mol. The summed E-state index contributed by atoms with van der Waals surface area (Å²) in [5, 5.41) is 0. The van der Waals surface area contributed by atoms with Crippen LogP contribution in [0.1, 0.15) is 46.2 Å². The van der Waals surface area contributed by atoms with Gasteiger partial charge in [0.15, 0.2) is 0 Å². The Balaban J connectivity index is 1.89. The quantitative estimate of drug-likeness (QED) is 0.816. The number of carbonyl (C=O) groups excluding carboxylic acids is 1. The Bertz CT molecular complexity index is 744. The molecule has 1 aromatic heterocycles. The molecule has 1 saturated heterocycles. The smallest absolute Gasteiger partial charge is 0.332 e. The van der Waals surface area contributed by atoms with Crippen molar-refractivity contribution in [3.63, 3.8) is 0 Å². The van der Waals surface area contributed by atoms with Gasteiger partial charge in [-0.25, -0.2) is 4.98 Å². The van der Waals surface area contributed by atoms with Crippen LogP contribution in [0.2, 0.25) is 0 Å². The minimum Gasteiger partial charge on any atom is -0.332 e. The van der Waals surface area contributed by atoms with Gasteiger partial charge in [-0.05, 0) is 37.5 Å². The van der Waals surface area contributed by atoms with Crippen LogP contribution in [0.25, 0.3) is 0 Å². The lowest BCUT2D eigenvalue weighted by Crippen LogP contribution is -2.31. The van der Waals surface area contributed by atoms with Crippen LogP contribution in [-0.2, 0) is 6.18 Å². The van der Waals surface area contributed by atoms with Crippen molar-refractivity contribution in [3.05, 3.63) is 65.0 Å². The maximum Gasteiger partial charge on any atom is 0.433 e. The summed E-state index contributed by atoms with van der Waals surface area (Å²) in [7, 11) is 0. The molecule has 0 N–H and O–H groups in total. The number of likely N-dealkylation sites (tertiary alicyclic amines) is 1. The monoisotopic (exact) mass is 334 g/mol. The third kappa shape index (κ3) is 3.13. The van der Waals surface area contributed by atoms with Crippen LogP contribution in [0.15, 0.2) is 42.5 Å². The topological polar surface area (TPSA) is 33.2 Å². The molecule has 1 atom stereocenters. The minimum atomic E-state index is -4.51. The van der Waals surface area contributed by atoms with Gasteiger partial charge < -0.3 is 4.90 Å². The summed E-state index contributed by atoms with van der Waals surface area (Å²) in [6.45, 7) is 2.04. The zero-order chi connectivity index (χ0) is 17.3. The SMILES string of the molecule is Cc1nc(C(F)(F)F)ccc1C(=O)N1CCCC1c1ccccc1. The van der Waals surface area contributed by atoms with Crippen molar-refractivity contribution in [1.82, 2.24) is 9.88 Å². The van der Waals surface area contributed by atoms with E-state index in [9.17, 15) is 18.0 Å². The Kier molecular flexibility index (Phi) is 4.30. The lowest BCUT2D eigenvalue weighted by Gasteiger charge is -2.25. The maximum absolute atomic E-state index is 12.8. The van der Waals surface area contributed by atoms with Crippen LogP contribution in [0.4, 0.5) is 13.2 Å². The average molecular weight is 334 g/mol. The number of amides is 1. The third-order valence-electron chi connectivity index (χ3n) is 4.30. The zero-order valence-electron chi connectivity index (χ0n) is 13.2. The molecule has 0 saturated carbocycles. The predicted octanol–water partition coefficient (Wildman–Crippen LogP) is 4.39. The molecule has 0 spiro atoms. The number of pyridine rings is 1. The van der Waals surface area contributed by atoms with Gasteiger partial charge in [-0.1, -0.05) is 30.3 Å². The van der Waals surface area contributed by atoms with E-state index in [0.29, 0.717) is 6.54 Å². The molecule has 126 valence electrons. The molecule has 1 aromatic carbocycles.